The summed E-state index contributed by atoms with van der Waals surface area (Å²) in [5, 5.41) is 10.3. The van der Waals surface area contributed by atoms with Crippen LogP contribution in [0.2, 0.25) is 0 Å². The van der Waals surface area contributed by atoms with Crippen LogP contribution in [-0.4, -0.2) is 16.1 Å². The quantitative estimate of drug-likeness (QED) is 0.846. The van der Waals surface area contributed by atoms with E-state index in [-0.39, 0.29) is 5.92 Å². The molecule has 17 heavy (non-hydrogen) atoms. The van der Waals surface area contributed by atoms with Gasteiger partial charge in [-0.3, -0.25) is 4.79 Å². The maximum absolute atomic E-state index is 11.3. The van der Waals surface area contributed by atoms with Crippen molar-refractivity contribution in [3.05, 3.63) is 33.9 Å². The van der Waals surface area contributed by atoms with Crippen molar-refractivity contribution in [2.24, 2.45) is 0 Å². The zero-order chi connectivity index (χ0) is 12.0. The second-order valence-corrected chi connectivity index (χ2v) is 5.41. The number of aliphatic carboxylic acids is 1. The zero-order valence-corrected chi connectivity index (χ0v) is 10.8. The number of halogens is 1. The second-order valence-electron chi connectivity index (χ2n) is 4.49. The Morgan fingerprint density at radius 1 is 1.47 bits per heavy atom. The first-order valence-corrected chi connectivity index (χ1v) is 6.49. The second kappa shape index (κ2) is 3.88. The molecule has 2 N–H and O–H groups in total. The number of rotatable bonds is 1. The number of aromatic amines is 1. The van der Waals surface area contributed by atoms with E-state index >= 15 is 0 Å². The molecular weight excluding hydrogens is 282 g/mol. The highest BCUT2D eigenvalue weighted by atomic mass is 79.9. The van der Waals surface area contributed by atoms with Crippen molar-refractivity contribution in [3.63, 3.8) is 0 Å². The Bertz CT molecular complexity index is 603. The molecule has 0 spiro atoms. The molecular formula is C13H12BrNO2. The molecule has 0 bridgehead atoms. The number of fused-ring (bicyclic) bond motifs is 3. The summed E-state index contributed by atoms with van der Waals surface area (Å²) in [6, 6.07) is 5.97. The molecule has 1 aromatic carbocycles. The van der Waals surface area contributed by atoms with Gasteiger partial charge in [-0.15, -0.1) is 0 Å². The van der Waals surface area contributed by atoms with Crippen LogP contribution in [0.15, 0.2) is 22.7 Å². The summed E-state index contributed by atoms with van der Waals surface area (Å²) in [7, 11) is 0. The molecule has 1 aliphatic carbocycles. The molecule has 1 atom stereocenters. The smallest absolute Gasteiger partial charge is 0.311 e. The van der Waals surface area contributed by atoms with E-state index in [0.717, 1.165) is 45.9 Å². The third-order valence-electron chi connectivity index (χ3n) is 3.45. The molecule has 4 heteroatoms. The van der Waals surface area contributed by atoms with Gasteiger partial charge in [0.05, 0.1) is 5.92 Å². The number of aryl methyl sites for hydroxylation is 1. The van der Waals surface area contributed by atoms with Crippen molar-refractivity contribution in [2.75, 3.05) is 0 Å². The Morgan fingerprint density at radius 2 is 2.29 bits per heavy atom. The van der Waals surface area contributed by atoms with Gasteiger partial charge in [-0.1, -0.05) is 15.9 Å². The van der Waals surface area contributed by atoms with Gasteiger partial charge in [-0.2, -0.15) is 0 Å². The molecule has 2 aromatic rings. The van der Waals surface area contributed by atoms with Gasteiger partial charge in [-0.25, -0.2) is 0 Å². The third kappa shape index (κ3) is 1.67. The van der Waals surface area contributed by atoms with E-state index in [0.29, 0.717) is 0 Å². The van der Waals surface area contributed by atoms with Crippen molar-refractivity contribution >= 4 is 32.8 Å². The van der Waals surface area contributed by atoms with E-state index < -0.39 is 5.97 Å². The van der Waals surface area contributed by atoms with Gasteiger partial charge in [0, 0.05) is 21.1 Å². The van der Waals surface area contributed by atoms with E-state index in [2.05, 4.69) is 20.9 Å². The minimum atomic E-state index is -0.716. The minimum Gasteiger partial charge on any atom is -0.481 e. The predicted molar refractivity (Wildman–Crippen MR) is 69.3 cm³/mol. The number of H-pyrrole nitrogens is 1. The lowest BCUT2D eigenvalue weighted by molar-refractivity contribution is -0.139. The third-order valence-corrected chi connectivity index (χ3v) is 3.94. The lowest BCUT2D eigenvalue weighted by atomic mass is 9.85. The highest BCUT2D eigenvalue weighted by molar-refractivity contribution is 9.10. The average molecular weight is 294 g/mol. The summed E-state index contributed by atoms with van der Waals surface area (Å²) in [6.45, 7) is 0. The summed E-state index contributed by atoms with van der Waals surface area (Å²) < 4.78 is 0.988. The highest BCUT2D eigenvalue weighted by Crippen LogP contribution is 2.38. The van der Waals surface area contributed by atoms with Gasteiger partial charge in [-0.05, 0) is 43.0 Å². The van der Waals surface area contributed by atoms with Crippen molar-refractivity contribution in [1.29, 1.82) is 0 Å². The number of aromatic nitrogens is 1. The molecule has 1 aromatic heterocycles. The van der Waals surface area contributed by atoms with Gasteiger partial charge in [0.1, 0.15) is 0 Å². The Balaban J connectivity index is 2.29. The van der Waals surface area contributed by atoms with E-state index in [1.807, 2.05) is 18.2 Å². The molecule has 88 valence electrons. The molecule has 1 unspecified atom stereocenters. The summed E-state index contributed by atoms with van der Waals surface area (Å²) >= 11 is 3.44. The first-order chi connectivity index (χ1) is 8.16. The van der Waals surface area contributed by atoms with Crippen molar-refractivity contribution in [1.82, 2.24) is 4.98 Å². The van der Waals surface area contributed by atoms with Crippen LogP contribution < -0.4 is 0 Å². The van der Waals surface area contributed by atoms with Crippen LogP contribution in [0, 0.1) is 0 Å². The largest absolute Gasteiger partial charge is 0.481 e. The molecule has 3 rings (SSSR count). The summed E-state index contributed by atoms with van der Waals surface area (Å²) in [6.07, 6.45) is 2.63. The fourth-order valence-corrected chi connectivity index (χ4v) is 3.07. The first kappa shape index (κ1) is 10.8. The Labute approximate surface area is 107 Å². The maximum Gasteiger partial charge on any atom is 0.311 e. The van der Waals surface area contributed by atoms with Crippen LogP contribution in [0.1, 0.15) is 30.0 Å². The van der Waals surface area contributed by atoms with Gasteiger partial charge in [0.15, 0.2) is 0 Å². The molecule has 0 saturated heterocycles. The zero-order valence-electron chi connectivity index (χ0n) is 9.16. The fraction of sp³-hybridized carbons (Fsp3) is 0.308. The van der Waals surface area contributed by atoms with Crippen LogP contribution in [0.4, 0.5) is 0 Å². The monoisotopic (exact) mass is 293 g/mol. The van der Waals surface area contributed by atoms with Crippen LogP contribution in [0.3, 0.4) is 0 Å². The predicted octanol–water partition coefficient (Wildman–Crippen LogP) is 3.43. The summed E-state index contributed by atoms with van der Waals surface area (Å²) in [5.74, 6) is -1.08. The maximum atomic E-state index is 11.3. The van der Waals surface area contributed by atoms with E-state index in [9.17, 15) is 9.90 Å². The first-order valence-electron chi connectivity index (χ1n) is 5.69. The lowest BCUT2D eigenvalue weighted by Crippen LogP contribution is -2.17. The van der Waals surface area contributed by atoms with Gasteiger partial charge in [0.2, 0.25) is 0 Å². The number of carboxylic acids is 1. The lowest BCUT2D eigenvalue weighted by Gasteiger charge is -2.19. The standard InChI is InChI=1S/C13H12BrNO2/c14-7-4-5-10-9(6-7)12-8(13(16)17)2-1-3-11(12)15-10/h4-6,8,15H,1-3H2,(H,16,17). The highest BCUT2D eigenvalue weighted by Gasteiger charge is 2.29. The van der Waals surface area contributed by atoms with Crippen LogP contribution in [0.5, 0.6) is 0 Å². The van der Waals surface area contributed by atoms with E-state index in [1.54, 1.807) is 0 Å². The van der Waals surface area contributed by atoms with Crippen LogP contribution >= 0.6 is 15.9 Å². The van der Waals surface area contributed by atoms with E-state index in [4.69, 9.17) is 0 Å². The Morgan fingerprint density at radius 3 is 3.06 bits per heavy atom. The van der Waals surface area contributed by atoms with E-state index in [1.165, 1.54) is 0 Å². The molecule has 3 nitrogen and oxygen atoms in total. The van der Waals surface area contributed by atoms with Crippen molar-refractivity contribution in [2.45, 2.75) is 25.2 Å². The number of benzene rings is 1. The molecule has 0 aliphatic heterocycles. The average Bonchev–Trinajstić information content (AvgIpc) is 2.66. The Hall–Kier alpha value is -1.29. The Kier molecular flexibility index (Phi) is 2.47. The number of carbonyl (C=O) groups is 1. The summed E-state index contributed by atoms with van der Waals surface area (Å²) in [5.41, 5.74) is 3.11. The number of hydrogen-bond donors (Lipinski definition) is 2. The van der Waals surface area contributed by atoms with Crippen LogP contribution in [-0.2, 0) is 11.2 Å². The van der Waals surface area contributed by atoms with Crippen molar-refractivity contribution in [3.8, 4) is 0 Å². The molecule has 1 heterocycles. The molecule has 1 aliphatic rings. The van der Waals surface area contributed by atoms with Gasteiger partial charge in [0.25, 0.3) is 0 Å². The summed E-state index contributed by atoms with van der Waals surface area (Å²) in [4.78, 5) is 14.7. The molecule has 0 fully saturated rings. The normalized spacial score (nSPS) is 19.2. The number of nitrogens with one attached hydrogen (secondary N) is 1. The fourth-order valence-electron chi connectivity index (χ4n) is 2.71. The van der Waals surface area contributed by atoms with Crippen LogP contribution in [0.25, 0.3) is 10.9 Å². The molecule has 0 amide bonds. The van der Waals surface area contributed by atoms with Gasteiger partial charge >= 0.3 is 5.97 Å². The molecule has 0 radical (unpaired) electrons. The van der Waals surface area contributed by atoms with Gasteiger partial charge < -0.3 is 10.1 Å². The minimum absolute atomic E-state index is 0.359. The SMILES string of the molecule is O=C(O)C1CCCc2[nH]c3ccc(Br)cc3c21. The molecule has 0 saturated carbocycles. The van der Waals surface area contributed by atoms with Crippen molar-refractivity contribution < 1.29 is 9.90 Å². The number of carboxylic acid groups (broad SMARTS) is 1. The number of hydrogen-bond acceptors (Lipinski definition) is 1. The topological polar surface area (TPSA) is 53.1 Å².